The van der Waals surface area contributed by atoms with E-state index in [0.717, 1.165) is 0 Å². The predicted octanol–water partition coefficient (Wildman–Crippen LogP) is 1.85. The number of sulfonamides is 1. The van der Waals surface area contributed by atoms with Crippen molar-refractivity contribution in [3.63, 3.8) is 0 Å². The van der Waals surface area contributed by atoms with Crippen LogP contribution in [0, 0.1) is 0 Å². The Kier molecular flexibility index (Phi) is 5.18. The lowest BCUT2D eigenvalue weighted by atomic mass is 10.2. The number of nitrogens with one attached hydrogen (secondary N) is 2. The van der Waals surface area contributed by atoms with Crippen molar-refractivity contribution in [2.75, 3.05) is 32.0 Å². The first kappa shape index (κ1) is 16.2. The van der Waals surface area contributed by atoms with E-state index in [1.807, 2.05) is 0 Å². The van der Waals surface area contributed by atoms with Crippen molar-refractivity contribution in [1.82, 2.24) is 5.32 Å². The molecule has 2 rings (SSSR count). The van der Waals surface area contributed by atoms with Crippen LogP contribution in [0.25, 0.3) is 0 Å². The van der Waals surface area contributed by atoms with Crippen LogP contribution in [0.4, 0.5) is 5.69 Å². The number of ether oxygens (including phenoxy) is 2. The number of methoxy groups -OCH3 is 2. The molecule has 118 valence electrons. The molecule has 0 bridgehead atoms. The summed E-state index contributed by atoms with van der Waals surface area (Å²) in [5.41, 5.74) is 0.331. The number of benzene rings is 1. The molecule has 1 aliphatic rings. The summed E-state index contributed by atoms with van der Waals surface area (Å²) in [6.45, 7) is 1.40. The SMILES string of the molecule is COc1cc(NS(=O)(=O)C2CCNCC2)c(OC)cc1Cl. The maximum absolute atomic E-state index is 12.4. The van der Waals surface area contributed by atoms with E-state index in [1.54, 1.807) is 0 Å². The van der Waals surface area contributed by atoms with Crippen LogP contribution in [0.5, 0.6) is 11.5 Å². The molecule has 2 N–H and O–H groups in total. The van der Waals surface area contributed by atoms with Gasteiger partial charge in [0.05, 0.1) is 30.2 Å². The van der Waals surface area contributed by atoms with Gasteiger partial charge in [0.25, 0.3) is 0 Å². The van der Waals surface area contributed by atoms with Gasteiger partial charge in [-0.05, 0) is 25.9 Å². The van der Waals surface area contributed by atoms with Crippen molar-refractivity contribution in [3.05, 3.63) is 17.2 Å². The number of halogens is 1. The minimum Gasteiger partial charge on any atom is -0.495 e. The average molecular weight is 335 g/mol. The lowest BCUT2D eigenvalue weighted by Crippen LogP contribution is -2.38. The number of anilines is 1. The van der Waals surface area contributed by atoms with E-state index < -0.39 is 15.3 Å². The molecule has 0 aliphatic carbocycles. The molecule has 21 heavy (non-hydrogen) atoms. The Labute approximate surface area is 129 Å². The van der Waals surface area contributed by atoms with Crippen LogP contribution in [0.2, 0.25) is 5.02 Å². The highest BCUT2D eigenvalue weighted by Gasteiger charge is 2.28. The van der Waals surface area contributed by atoms with Gasteiger partial charge in [-0.2, -0.15) is 0 Å². The lowest BCUT2D eigenvalue weighted by molar-refractivity contribution is 0.405. The topological polar surface area (TPSA) is 76.7 Å². The van der Waals surface area contributed by atoms with Crippen LogP contribution in [-0.4, -0.2) is 41.0 Å². The van der Waals surface area contributed by atoms with Gasteiger partial charge in [0.2, 0.25) is 10.0 Å². The maximum atomic E-state index is 12.4. The summed E-state index contributed by atoms with van der Waals surface area (Å²) in [5.74, 6) is 0.749. The van der Waals surface area contributed by atoms with Crippen molar-refractivity contribution in [2.45, 2.75) is 18.1 Å². The largest absolute Gasteiger partial charge is 0.495 e. The van der Waals surface area contributed by atoms with E-state index in [4.69, 9.17) is 21.1 Å². The molecule has 0 unspecified atom stereocenters. The minimum absolute atomic E-state index is 0.331. The Morgan fingerprint density at radius 1 is 1.19 bits per heavy atom. The van der Waals surface area contributed by atoms with E-state index in [2.05, 4.69) is 10.0 Å². The van der Waals surface area contributed by atoms with E-state index in [9.17, 15) is 8.42 Å². The summed E-state index contributed by atoms with van der Waals surface area (Å²) in [5, 5.41) is 3.09. The summed E-state index contributed by atoms with van der Waals surface area (Å²) in [7, 11) is -0.546. The molecule has 1 fully saturated rings. The highest BCUT2D eigenvalue weighted by atomic mass is 35.5. The first-order valence-electron chi connectivity index (χ1n) is 6.62. The number of piperidine rings is 1. The van der Waals surface area contributed by atoms with Gasteiger partial charge in [-0.15, -0.1) is 0 Å². The standard InChI is InChI=1S/C13H19ClN2O4S/c1-19-12-8-11(13(20-2)7-10(12)14)16-21(17,18)9-3-5-15-6-4-9/h7-9,15-16H,3-6H2,1-2H3. The Bertz CT molecular complexity index is 600. The zero-order chi connectivity index (χ0) is 15.5. The third kappa shape index (κ3) is 3.72. The fraction of sp³-hybridized carbons (Fsp3) is 0.538. The predicted molar refractivity (Wildman–Crippen MR) is 83.0 cm³/mol. The smallest absolute Gasteiger partial charge is 0.235 e. The van der Waals surface area contributed by atoms with Crippen molar-refractivity contribution >= 4 is 27.3 Å². The fourth-order valence-electron chi connectivity index (χ4n) is 2.28. The highest BCUT2D eigenvalue weighted by Crippen LogP contribution is 2.36. The number of hydrogen-bond acceptors (Lipinski definition) is 5. The fourth-order valence-corrected chi connectivity index (χ4v) is 4.00. The number of rotatable bonds is 5. The first-order valence-corrected chi connectivity index (χ1v) is 8.54. The molecular formula is C13H19ClN2O4S. The zero-order valence-electron chi connectivity index (χ0n) is 12.0. The van der Waals surface area contributed by atoms with Crippen molar-refractivity contribution in [1.29, 1.82) is 0 Å². The molecule has 6 nitrogen and oxygen atoms in total. The third-order valence-electron chi connectivity index (χ3n) is 3.45. The molecule has 1 aromatic carbocycles. The normalized spacial score (nSPS) is 16.5. The van der Waals surface area contributed by atoms with Gasteiger partial charge in [-0.1, -0.05) is 11.6 Å². The van der Waals surface area contributed by atoms with Gasteiger partial charge in [0.1, 0.15) is 11.5 Å². The monoisotopic (exact) mass is 334 g/mol. The molecular weight excluding hydrogens is 316 g/mol. The molecule has 0 atom stereocenters. The van der Waals surface area contributed by atoms with Crippen molar-refractivity contribution in [3.8, 4) is 11.5 Å². The van der Waals surface area contributed by atoms with Gasteiger partial charge in [0.15, 0.2) is 0 Å². The van der Waals surface area contributed by atoms with Gasteiger partial charge >= 0.3 is 0 Å². The van der Waals surface area contributed by atoms with E-state index in [-0.39, 0.29) is 0 Å². The van der Waals surface area contributed by atoms with Gasteiger partial charge in [0, 0.05) is 12.1 Å². The van der Waals surface area contributed by atoms with E-state index >= 15 is 0 Å². The van der Waals surface area contributed by atoms with Crippen LogP contribution < -0.4 is 19.5 Å². The molecule has 0 radical (unpaired) electrons. The molecule has 0 aromatic heterocycles. The summed E-state index contributed by atoms with van der Waals surface area (Å²) in [6, 6.07) is 3.06. The minimum atomic E-state index is -3.48. The molecule has 8 heteroatoms. The summed E-state index contributed by atoms with van der Waals surface area (Å²) in [6.07, 6.45) is 1.17. The first-order chi connectivity index (χ1) is 9.97. The molecule has 0 saturated carbocycles. The number of hydrogen-bond donors (Lipinski definition) is 2. The van der Waals surface area contributed by atoms with Crippen LogP contribution in [0.1, 0.15) is 12.8 Å². The summed E-state index contributed by atoms with van der Waals surface area (Å²) < 4.78 is 37.8. The second-order valence-electron chi connectivity index (χ2n) is 4.78. The lowest BCUT2D eigenvalue weighted by Gasteiger charge is -2.24. The zero-order valence-corrected chi connectivity index (χ0v) is 13.6. The van der Waals surface area contributed by atoms with Crippen LogP contribution >= 0.6 is 11.6 Å². The Balaban J connectivity index is 2.29. The van der Waals surface area contributed by atoms with Gasteiger partial charge < -0.3 is 14.8 Å². The maximum Gasteiger partial charge on any atom is 0.235 e. The summed E-state index contributed by atoms with van der Waals surface area (Å²) in [4.78, 5) is 0. The van der Waals surface area contributed by atoms with Crippen LogP contribution in [0.3, 0.4) is 0 Å². The van der Waals surface area contributed by atoms with Gasteiger partial charge in [-0.25, -0.2) is 8.42 Å². The third-order valence-corrected chi connectivity index (χ3v) is 5.60. The Morgan fingerprint density at radius 3 is 2.38 bits per heavy atom. The van der Waals surface area contributed by atoms with Gasteiger partial charge in [-0.3, -0.25) is 4.72 Å². The molecule has 1 aliphatic heterocycles. The quantitative estimate of drug-likeness (QED) is 0.859. The summed E-state index contributed by atoms with van der Waals surface area (Å²) >= 11 is 6.01. The second kappa shape index (κ2) is 6.72. The second-order valence-corrected chi connectivity index (χ2v) is 7.15. The van der Waals surface area contributed by atoms with Crippen molar-refractivity contribution < 1.29 is 17.9 Å². The Morgan fingerprint density at radius 2 is 1.81 bits per heavy atom. The molecule has 0 spiro atoms. The highest BCUT2D eigenvalue weighted by molar-refractivity contribution is 7.93. The molecule has 1 aromatic rings. The molecule has 1 heterocycles. The molecule has 0 amide bonds. The average Bonchev–Trinajstić information content (AvgIpc) is 2.49. The van der Waals surface area contributed by atoms with Crippen LogP contribution in [-0.2, 0) is 10.0 Å². The van der Waals surface area contributed by atoms with E-state index in [0.29, 0.717) is 48.1 Å². The molecule has 1 saturated heterocycles. The van der Waals surface area contributed by atoms with Crippen molar-refractivity contribution in [2.24, 2.45) is 0 Å². The Hall–Kier alpha value is -1.18. The van der Waals surface area contributed by atoms with E-state index in [1.165, 1.54) is 26.4 Å². The van der Waals surface area contributed by atoms with Crippen LogP contribution in [0.15, 0.2) is 12.1 Å².